The number of hydrogen-bond donors (Lipinski definition) is 1. The number of fused-ring (bicyclic) bond motifs is 1. The fourth-order valence-corrected chi connectivity index (χ4v) is 4.26. The van der Waals surface area contributed by atoms with Gasteiger partial charge in [0.15, 0.2) is 0 Å². The van der Waals surface area contributed by atoms with E-state index in [0.717, 1.165) is 35.7 Å². The molecule has 0 saturated carbocycles. The second-order valence-corrected chi connectivity index (χ2v) is 7.67. The number of nitrogens with one attached hydrogen (secondary N) is 1. The summed E-state index contributed by atoms with van der Waals surface area (Å²) in [5.41, 5.74) is 2.66. The van der Waals surface area contributed by atoms with E-state index in [1.54, 1.807) is 0 Å². The smallest absolute Gasteiger partial charge is 0.253 e. The van der Waals surface area contributed by atoms with Crippen molar-refractivity contribution in [3.8, 4) is 0 Å². The lowest BCUT2D eigenvalue weighted by Crippen LogP contribution is -2.43. The lowest BCUT2D eigenvalue weighted by molar-refractivity contribution is -0.116. The minimum atomic E-state index is 0.0550. The fourth-order valence-electron chi connectivity index (χ4n) is 2.96. The lowest BCUT2D eigenvalue weighted by Gasteiger charge is -2.34. The van der Waals surface area contributed by atoms with E-state index < -0.39 is 0 Å². The largest absolute Gasteiger partial charge is 0.337 e. The molecule has 2 aliphatic heterocycles. The van der Waals surface area contributed by atoms with Crippen LogP contribution in [0.2, 0.25) is 0 Å². The summed E-state index contributed by atoms with van der Waals surface area (Å²) >= 11 is 1.97. The molecule has 2 aliphatic rings. The number of thioether (sulfide) groups is 1. The van der Waals surface area contributed by atoms with Gasteiger partial charge in [-0.25, -0.2) is 0 Å². The fraction of sp³-hybridized carbons (Fsp3) is 0.529. The summed E-state index contributed by atoms with van der Waals surface area (Å²) in [6.45, 7) is 6.08. The Morgan fingerprint density at radius 2 is 2.18 bits per heavy atom. The SMILES string of the molecule is CC(C)[C@H]1CN(C(=O)c2ccc3c(c2)CCC(=O)N3)CCS1. The van der Waals surface area contributed by atoms with Crippen molar-refractivity contribution in [1.82, 2.24) is 4.90 Å². The van der Waals surface area contributed by atoms with E-state index in [9.17, 15) is 9.59 Å². The normalized spacial score (nSPS) is 21.5. The van der Waals surface area contributed by atoms with Crippen molar-refractivity contribution < 1.29 is 9.59 Å². The zero-order valence-electron chi connectivity index (χ0n) is 13.1. The second kappa shape index (κ2) is 6.32. The second-order valence-electron chi connectivity index (χ2n) is 6.32. The highest BCUT2D eigenvalue weighted by Crippen LogP contribution is 2.28. The summed E-state index contributed by atoms with van der Waals surface area (Å²) in [5, 5.41) is 3.38. The van der Waals surface area contributed by atoms with Crippen molar-refractivity contribution in [2.75, 3.05) is 24.2 Å². The molecular weight excluding hydrogens is 296 g/mol. The molecule has 1 atom stereocenters. The first-order valence-electron chi connectivity index (χ1n) is 7.88. The quantitative estimate of drug-likeness (QED) is 0.912. The van der Waals surface area contributed by atoms with Crippen LogP contribution in [-0.4, -0.2) is 40.8 Å². The molecule has 0 aliphatic carbocycles. The van der Waals surface area contributed by atoms with Gasteiger partial charge in [-0.05, 0) is 36.1 Å². The molecular formula is C17H22N2O2S. The van der Waals surface area contributed by atoms with Crippen LogP contribution in [0.25, 0.3) is 0 Å². The highest BCUT2D eigenvalue weighted by molar-refractivity contribution is 8.00. The number of hydrogen-bond acceptors (Lipinski definition) is 3. The number of amides is 2. The van der Waals surface area contributed by atoms with Gasteiger partial charge in [-0.3, -0.25) is 9.59 Å². The van der Waals surface area contributed by atoms with Gasteiger partial charge < -0.3 is 10.2 Å². The molecule has 1 aromatic carbocycles. The first-order valence-corrected chi connectivity index (χ1v) is 8.93. The summed E-state index contributed by atoms with van der Waals surface area (Å²) in [5.74, 6) is 1.76. The summed E-state index contributed by atoms with van der Waals surface area (Å²) in [7, 11) is 0. The Morgan fingerprint density at radius 3 is 2.95 bits per heavy atom. The standard InChI is InChI=1S/C17H22N2O2S/c1-11(2)15-10-19(7-8-22-15)17(21)13-3-5-14-12(9-13)4-6-16(20)18-14/h3,5,9,11,15H,4,6-8,10H2,1-2H3,(H,18,20)/t15-/m1/s1. The maximum absolute atomic E-state index is 12.7. The van der Waals surface area contributed by atoms with Crippen molar-refractivity contribution in [3.05, 3.63) is 29.3 Å². The summed E-state index contributed by atoms with van der Waals surface area (Å²) in [4.78, 5) is 26.1. The van der Waals surface area contributed by atoms with Gasteiger partial charge in [-0.15, -0.1) is 0 Å². The number of nitrogens with zero attached hydrogens (tertiary/aromatic N) is 1. The highest BCUT2D eigenvalue weighted by Gasteiger charge is 2.27. The van der Waals surface area contributed by atoms with Crippen LogP contribution in [0, 0.1) is 5.92 Å². The molecule has 1 fully saturated rings. The molecule has 0 spiro atoms. The molecule has 1 N–H and O–H groups in total. The molecule has 22 heavy (non-hydrogen) atoms. The van der Waals surface area contributed by atoms with Crippen LogP contribution in [0.5, 0.6) is 0 Å². The Bertz CT molecular complexity index is 600. The third kappa shape index (κ3) is 3.14. The molecule has 118 valence electrons. The third-order valence-corrected chi connectivity index (χ3v) is 5.91. The van der Waals surface area contributed by atoms with Crippen molar-refractivity contribution >= 4 is 29.3 Å². The van der Waals surface area contributed by atoms with Crippen LogP contribution in [-0.2, 0) is 11.2 Å². The Balaban J connectivity index is 1.76. The molecule has 1 saturated heterocycles. The van der Waals surface area contributed by atoms with Gasteiger partial charge in [0.1, 0.15) is 0 Å². The van der Waals surface area contributed by atoms with Gasteiger partial charge in [-0.1, -0.05) is 13.8 Å². The van der Waals surface area contributed by atoms with Crippen LogP contribution in [0.15, 0.2) is 18.2 Å². The molecule has 5 heteroatoms. The number of benzene rings is 1. The lowest BCUT2D eigenvalue weighted by atomic mass is 9.99. The molecule has 0 radical (unpaired) electrons. The number of aryl methyl sites for hydroxylation is 1. The average Bonchev–Trinajstić information content (AvgIpc) is 2.53. The highest BCUT2D eigenvalue weighted by atomic mass is 32.2. The van der Waals surface area contributed by atoms with Crippen molar-refractivity contribution in [1.29, 1.82) is 0 Å². The van der Waals surface area contributed by atoms with Crippen molar-refractivity contribution in [2.45, 2.75) is 31.9 Å². The Kier molecular flexibility index (Phi) is 4.43. The van der Waals surface area contributed by atoms with Crippen LogP contribution in [0.4, 0.5) is 5.69 Å². The Morgan fingerprint density at radius 1 is 1.36 bits per heavy atom. The van der Waals surface area contributed by atoms with Crippen molar-refractivity contribution in [3.63, 3.8) is 0 Å². The average molecular weight is 318 g/mol. The molecule has 1 aromatic rings. The van der Waals surface area contributed by atoms with Gasteiger partial charge in [-0.2, -0.15) is 11.8 Å². The van der Waals surface area contributed by atoms with Gasteiger partial charge in [0.2, 0.25) is 5.91 Å². The molecule has 2 heterocycles. The number of carbonyl (C=O) groups excluding carboxylic acids is 2. The topological polar surface area (TPSA) is 49.4 Å². The first kappa shape index (κ1) is 15.4. The van der Waals surface area contributed by atoms with E-state index in [0.29, 0.717) is 24.0 Å². The first-order chi connectivity index (χ1) is 10.5. The van der Waals surface area contributed by atoms with E-state index >= 15 is 0 Å². The van der Waals surface area contributed by atoms with E-state index in [2.05, 4.69) is 19.2 Å². The summed E-state index contributed by atoms with van der Waals surface area (Å²) in [6.07, 6.45) is 1.22. The van der Waals surface area contributed by atoms with Crippen LogP contribution in [0.1, 0.15) is 36.2 Å². The molecule has 2 amide bonds. The molecule has 0 aromatic heterocycles. The molecule has 0 unspecified atom stereocenters. The van der Waals surface area contributed by atoms with E-state index in [-0.39, 0.29) is 11.8 Å². The summed E-state index contributed by atoms with van der Waals surface area (Å²) in [6, 6.07) is 5.64. The maximum atomic E-state index is 12.7. The predicted molar refractivity (Wildman–Crippen MR) is 90.4 cm³/mol. The number of rotatable bonds is 2. The predicted octanol–water partition coefficient (Wildman–Crippen LogP) is 2.78. The van der Waals surface area contributed by atoms with Gasteiger partial charge in [0, 0.05) is 41.8 Å². The monoisotopic (exact) mass is 318 g/mol. The molecule has 4 nitrogen and oxygen atoms in total. The van der Waals surface area contributed by atoms with E-state index in [1.165, 1.54) is 0 Å². The minimum Gasteiger partial charge on any atom is -0.337 e. The van der Waals surface area contributed by atoms with Crippen LogP contribution in [0.3, 0.4) is 0 Å². The number of carbonyl (C=O) groups is 2. The minimum absolute atomic E-state index is 0.0550. The summed E-state index contributed by atoms with van der Waals surface area (Å²) < 4.78 is 0. The van der Waals surface area contributed by atoms with Crippen LogP contribution < -0.4 is 5.32 Å². The van der Waals surface area contributed by atoms with E-state index in [4.69, 9.17) is 0 Å². The Labute approximate surface area is 135 Å². The molecule has 0 bridgehead atoms. The maximum Gasteiger partial charge on any atom is 0.253 e. The van der Waals surface area contributed by atoms with Crippen molar-refractivity contribution in [2.24, 2.45) is 5.92 Å². The zero-order valence-corrected chi connectivity index (χ0v) is 13.9. The van der Waals surface area contributed by atoms with Crippen LogP contribution >= 0.6 is 11.8 Å². The Hall–Kier alpha value is -1.49. The van der Waals surface area contributed by atoms with E-state index in [1.807, 2.05) is 34.9 Å². The zero-order chi connectivity index (χ0) is 15.7. The third-order valence-electron chi connectivity index (χ3n) is 4.37. The number of anilines is 1. The molecule has 3 rings (SSSR count). The van der Waals surface area contributed by atoms with Gasteiger partial charge in [0.25, 0.3) is 5.91 Å². The van der Waals surface area contributed by atoms with Gasteiger partial charge in [0.05, 0.1) is 0 Å². The van der Waals surface area contributed by atoms with Gasteiger partial charge >= 0.3 is 0 Å².